The molecule has 6 aromatic carbocycles. The molecule has 0 aromatic heterocycles. The van der Waals surface area contributed by atoms with Crippen molar-refractivity contribution in [2.24, 2.45) is 0 Å². The lowest BCUT2D eigenvalue weighted by Gasteiger charge is -2.18. The molecule has 22 heteroatoms. The lowest BCUT2D eigenvalue weighted by molar-refractivity contribution is 0.0432. The van der Waals surface area contributed by atoms with E-state index in [2.05, 4.69) is 19.6 Å². The number of fused-ring (bicyclic) bond motifs is 3. The predicted molar refractivity (Wildman–Crippen MR) is 311 cm³/mol. The lowest BCUT2D eigenvalue weighted by atomic mass is 10.1. The number of methoxy groups -OCH3 is 4. The first-order chi connectivity index (χ1) is 39.3. The van der Waals surface area contributed by atoms with E-state index >= 15 is 0 Å². The van der Waals surface area contributed by atoms with Crippen molar-refractivity contribution < 1.29 is 85.8 Å². The summed E-state index contributed by atoms with van der Waals surface area (Å²) in [5, 5.41) is 9.65. The van der Waals surface area contributed by atoms with Gasteiger partial charge in [-0.05, 0) is 42.4 Å². The molecule has 0 aliphatic carbocycles. The van der Waals surface area contributed by atoms with Crippen molar-refractivity contribution in [3.63, 3.8) is 0 Å². The van der Waals surface area contributed by atoms with Crippen LogP contribution >= 0.6 is 35.3 Å². The van der Waals surface area contributed by atoms with Gasteiger partial charge in [-0.3, -0.25) is 0 Å². The smallest absolute Gasteiger partial charge is 0.342 e. The summed E-state index contributed by atoms with van der Waals surface area (Å²) in [4.78, 5) is 40.5. The molecule has 0 radical (unpaired) electrons. The summed E-state index contributed by atoms with van der Waals surface area (Å²) in [7, 11) is 4.52. The second kappa shape index (κ2) is 32.5. The number of carbonyl (C=O) groups is 3. The highest BCUT2D eigenvalue weighted by Crippen LogP contribution is 2.48. The third kappa shape index (κ3) is 18.0. The summed E-state index contributed by atoms with van der Waals surface area (Å²) in [6, 6.07) is 35.3. The molecule has 3 aliphatic rings. The Hall–Kier alpha value is -6.92. The molecule has 3 aliphatic heterocycles. The molecular weight excluding hydrogens is 1120 g/mol. The Morgan fingerprint density at radius 3 is 1.15 bits per heavy atom. The minimum atomic E-state index is -1.33. The SMILES string of the molecule is CC.COCOc1cc2c(c(CSc3ccccc3)c1C(=O)O)OCO2.COCOc1cc2c(c(CSc3ccccc3)c1C(=O)OC)OCO2.COCOc1cc2c(c(CSc3ccccc3)c1C(=O)OCC[Si](C)(C)C)OCO2. The molecular formula is C59H68O18S3Si. The van der Waals surface area contributed by atoms with Crippen LogP contribution in [0.3, 0.4) is 0 Å². The number of carboxylic acids is 1. The summed E-state index contributed by atoms with van der Waals surface area (Å²) < 4.78 is 75.4. The van der Waals surface area contributed by atoms with Crippen LogP contribution < -0.4 is 42.6 Å². The van der Waals surface area contributed by atoms with E-state index in [1.165, 1.54) is 46.3 Å². The van der Waals surface area contributed by atoms with Gasteiger partial charge in [-0.15, -0.1) is 35.3 Å². The van der Waals surface area contributed by atoms with Gasteiger partial charge in [0.25, 0.3) is 0 Å². The van der Waals surface area contributed by atoms with E-state index in [4.69, 9.17) is 66.3 Å². The summed E-state index contributed by atoms with van der Waals surface area (Å²) >= 11 is 4.71. The number of esters is 2. The van der Waals surface area contributed by atoms with Gasteiger partial charge in [-0.1, -0.05) is 88.1 Å². The number of hydrogen-bond acceptors (Lipinski definition) is 20. The molecule has 0 unspecified atom stereocenters. The van der Waals surface area contributed by atoms with Gasteiger partial charge in [0, 0.05) is 96.2 Å². The first-order valence-electron chi connectivity index (χ1n) is 25.6. The van der Waals surface area contributed by atoms with Gasteiger partial charge in [0.15, 0.2) is 54.9 Å². The van der Waals surface area contributed by atoms with E-state index < -0.39 is 26.0 Å². The molecule has 0 saturated carbocycles. The average molecular weight is 1190 g/mol. The van der Waals surface area contributed by atoms with Gasteiger partial charge in [-0.25, -0.2) is 14.4 Å². The normalized spacial score (nSPS) is 12.1. The molecule has 81 heavy (non-hydrogen) atoms. The van der Waals surface area contributed by atoms with E-state index in [-0.39, 0.29) is 52.1 Å². The zero-order chi connectivity index (χ0) is 58.2. The highest BCUT2D eigenvalue weighted by Gasteiger charge is 2.33. The molecule has 0 atom stereocenters. The molecule has 3 heterocycles. The standard InChI is InChI=1S/C22H28O6SSi.C18H18O6S.C17H16O6S.C2H6/c1-24-14-26-18-12-19-21(28-15-27-19)17(13-29-16-8-6-5-7-9-16)20(18)22(23)25-10-11-30(2,3)4;1-20-10-22-14-8-15-17(24-11-23-15)13(16(14)18(19)21-2)9-25-12-6-4-3-5-7-12;1-20-9-21-13-7-14-16(23-10-22-14)12(15(13)17(18)19)8-24-11-5-3-2-4-6-11;1-2/h5-9,12H,10-11,13-15H2,1-4H3;3-8H,9-11H2,1-2H3;2-7H,8-10H2,1H3,(H,18,19);1-2H3. The Kier molecular flexibility index (Phi) is 25.4. The third-order valence-electron chi connectivity index (χ3n) is 11.4. The van der Waals surface area contributed by atoms with Crippen LogP contribution in [0.5, 0.6) is 51.7 Å². The maximum Gasteiger partial charge on any atom is 0.342 e. The van der Waals surface area contributed by atoms with Crippen molar-refractivity contribution in [1.82, 2.24) is 0 Å². The largest absolute Gasteiger partial charge is 0.478 e. The fraction of sp³-hybridized carbons (Fsp3) is 0.339. The number of aromatic carboxylic acids is 1. The van der Waals surface area contributed by atoms with Crippen LogP contribution in [-0.4, -0.2) is 107 Å². The zero-order valence-corrected chi connectivity index (χ0v) is 50.2. The Bertz CT molecular complexity index is 2980. The van der Waals surface area contributed by atoms with Crippen molar-refractivity contribution in [3.05, 3.63) is 143 Å². The first kappa shape index (κ1) is 63.3. The Labute approximate surface area is 486 Å². The molecule has 0 amide bonds. The van der Waals surface area contributed by atoms with Crippen molar-refractivity contribution in [2.45, 2.75) is 71.5 Å². The molecule has 18 nitrogen and oxygen atoms in total. The average Bonchev–Trinajstić information content (AvgIpc) is 4.35. The molecule has 434 valence electrons. The zero-order valence-electron chi connectivity index (χ0n) is 46.8. The number of rotatable bonds is 24. The molecule has 6 aromatic rings. The summed E-state index contributed by atoms with van der Waals surface area (Å²) in [6.45, 7) is 11.4. The molecule has 1 N–H and O–H groups in total. The number of hydrogen-bond donors (Lipinski definition) is 1. The number of benzene rings is 6. The quantitative estimate of drug-likeness (QED) is 0.0259. The van der Waals surface area contributed by atoms with Crippen LogP contribution in [0.25, 0.3) is 0 Å². The van der Waals surface area contributed by atoms with Crippen molar-refractivity contribution in [1.29, 1.82) is 0 Å². The van der Waals surface area contributed by atoms with Gasteiger partial charge in [0.05, 0.1) is 13.7 Å². The van der Waals surface area contributed by atoms with Crippen molar-refractivity contribution in [2.75, 3.05) is 75.8 Å². The Morgan fingerprint density at radius 2 is 0.827 bits per heavy atom. The van der Waals surface area contributed by atoms with Gasteiger partial charge in [0.1, 0.15) is 33.9 Å². The number of thioether (sulfide) groups is 3. The molecule has 0 bridgehead atoms. The van der Waals surface area contributed by atoms with Crippen molar-refractivity contribution in [3.8, 4) is 51.7 Å². The van der Waals surface area contributed by atoms with Crippen LogP contribution in [0.4, 0.5) is 0 Å². The maximum atomic E-state index is 13.1. The topological polar surface area (TPSA) is 201 Å². The molecule has 0 saturated heterocycles. The van der Waals surface area contributed by atoms with E-state index in [1.807, 2.05) is 105 Å². The summed E-state index contributed by atoms with van der Waals surface area (Å²) in [5.74, 6) is 3.54. The van der Waals surface area contributed by atoms with Crippen LogP contribution in [0.2, 0.25) is 25.7 Å². The fourth-order valence-corrected chi connectivity index (χ4v) is 11.2. The Morgan fingerprint density at radius 1 is 0.494 bits per heavy atom. The summed E-state index contributed by atoms with van der Waals surface area (Å²) in [5.41, 5.74) is 2.70. The van der Waals surface area contributed by atoms with Crippen LogP contribution in [-0.2, 0) is 40.9 Å². The summed E-state index contributed by atoms with van der Waals surface area (Å²) in [6.07, 6.45) is 0. The number of ether oxygens (including phenoxy) is 14. The van der Waals surface area contributed by atoms with Gasteiger partial charge in [-0.2, -0.15) is 0 Å². The van der Waals surface area contributed by atoms with E-state index in [1.54, 1.807) is 35.7 Å². The van der Waals surface area contributed by atoms with Crippen LogP contribution in [0.1, 0.15) is 61.6 Å². The third-order valence-corrected chi connectivity index (χ3v) is 16.3. The maximum absolute atomic E-state index is 13.1. The second-order valence-corrected chi connectivity index (χ2v) is 26.9. The minimum Gasteiger partial charge on any atom is -0.478 e. The highest BCUT2D eigenvalue weighted by molar-refractivity contribution is 7.99. The number of carbonyl (C=O) groups excluding carboxylic acids is 2. The number of carboxylic acid groups (broad SMARTS) is 1. The minimum absolute atomic E-state index is 0.00884. The monoisotopic (exact) mass is 1190 g/mol. The van der Waals surface area contributed by atoms with Crippen LogP contribution in [0, 0.1) is 0 Å². The molecule has 0 spiro atoms. The van der Waals surface area contributed by atoms with E-state index in [0.29, 0.717) is 97.7 Å². The van der Waals surface area contributed by atoms with Crippen LogP contribution in [0.15, 0.2) is 124 Å². The highest BCUT2D eigenvalue weighted by atomic mass is 32.2. The van der Waals surface area contributed by atoms with Gasteiger partial charge >= 0.3 is 17.9 Å². The predicted octanol–water partition coefficient (Wildman–Crippen LogP) is 13.1. The Balaban J connectivity index is 0.000000194. The fourth-order valence-electron chi connectivity index (χ4n) is 7.70. The first-order valence-corrected chi connectivity index (χ1v) is 32.2. The van der Waals surface area contributed by atoms with E-state index in [9.17, 15) is 19.5 Å². The van der Waals surface area contributed by atoms with Gasteiger partial charge in [0.2, 0.25) is 20.4 Å². The molecule has 9 rings (SSSR count). The van der Waals surface area contributed by atoms with Crippen molar-refractivity contribution >= 4 is 61.3 Å². The van der Waals surface area contributed by atoms with E-state index in [0.717, 1.165) is 20.7 Å². The molecule has 0 fully saturated rings. The lowest BCUT2D eigenvalue weighted by Crippen LogP contribution is -2.23. The van der Waals surface area contributed by atoms with Gasteiger partial charge < -0.3 is 71.4 Å². The second-order valence-electron chi connectivity index (χ2n) is 18.1.